The van der Waals surface area contributed by atoms with E-state index >= 15 is 0 Å². The molecule has 0 bridgehead atoms. The predicted molar refractivity (Wildman–Crippen MR) is 61.1 cm³/mol. The molecular formula is C10H7ClN2O4. The maximum atomic E-state index is 11.2. The molecule has 0 saturated heterocycles. The van der Waals surface area contributed by atoms with Crippen molar-refractivity contribution < 1.29 is 14.1 Å². The van der Waals surface area contributed by atoms with Gasteiger partial charge in [0.05, 0.1) is 10.5 Å². The molecule has 0 spiro atoms. The van der Waals surface area contributed by atoms with Gasteiger partial charge in [0.1, 0.15) is 16.4 Å². The number of nitrogens with two attached hydrogens (primary N) is 1. The highest BCUT2D eigenvalue weighted by Gasteiger charge is 2.23. The van der Waals surface area contributed by atoms with Crippen LogP contribution in [-0.2, 0) is 0 Å². The fourth-order valence-electron chi connectivity index (χ4n) is 1.60. The highest BCUT2D eigenvalue weighted by molar-refractivity contribution is 6.38. The maximum absolute atomic E-state index is 11.2. The summed E-state index contributed by atoms with van der Waals surface area (Å²) in [5.41, 5.74) is 4.90. The quantitative estimate of drug-likeness (QED) is 0.657. The normalized spacial score (nSPS) is 10.7. The Morgan fingerprint density at radius 2 is 2.18 bits per heavy atom. The molecule has 0 saturated carbocycles. The average Bonchev–Trinajstić information content (AvgIpc) is 2.59. The number of nitro groups is 1. The first-order valence-corrected chi connectivity index (χ1v) is 4.96. The van der Waals surface area contributed by atoms with Crippen LogP contribution in [0.25, 0.3) is 11.0 Å². The molecule has 1 aromatic carbocycles. The van der Waals surface area contributed by atoms with Crippen molar-refractivity contribution in [1.29, 1.82) is 0 Å². The highest BCUT2D eigenvalue weighted by Crippen LogP contribution is 2.36. The molecule has 17 heavy (non-hydrogen) atoms. The number of amides is 1. The van der Waals surface area contributed by atoms with Gasteiger partial charge in [-0.3, -0.25) is 14.9 Å². The van der Waals surface area contributed by atoms with E-state index in [4.69, 9.17) is 21.8 Å². The van der Waals surface area contributed by atoms with Crippen molar-refractivity contribution in [2.45, 2.75) is 6.92 Å². The van der Waals surface area contributed by atoms with Crippen LogP contribution in [0.15, 0.2) is 16.5 Å². The molecule has 0 aliphatic carbocycles. The van der Waals surface area contributed by atoms with Gasteiger partial charge in [0.25, 0.3) is 11.6 Å². The van der Waals surface area contributed by atoms with Gasteiger partial charge in [0, 0.05) is 11.5 Å². The van der Waals surface area contributed by atoms with E-state index in [1.807, 2.05) is 0 Å². The SMILES string of the molecule is Cc1cc2c(Cl)c([N+](=O)[O-])cc(C(N)=O)c2o1. The molecule has 0 radical (unpaired) electrons. The largest absolute Gasteiger partial charge is 0.460 e. The Morgan fingerprint density at radius 1 is 1.53 bits per heavy atom. The third-order valence-electron chi connectivity index (χ3n) is 2.30. The molecule has 0 aliphatic rings. The summed E-state index contributed by atoms with van der Waals surface area (Å²) in [6.45, 7) is 1.65. The van der Waals surface area contributed by atoms with Crippen molar-refractivity contribution in [2.24, 2.45) is 5.73 Å². The van der Waals surface area contributed by atoms with Gasteiger partial charge in [-0.15, -0.1) is 0 Å². The van der Waals surface area contributed by atoms with E-state index in [9.17, 15) is 14.9 Å². The van der Waals surface area contributed by atoms with Crippen LogP contribution in [0, 0.1) is 17.0 Å². The predicted octanol–water partition coefficient (Wildman–Crippen LogP) is 2.40. The molecule has 0 atom stereocenters. The summed E-state index contributed by atoms with van der Waals surface area (Å²) in [6, 6.07) is 2.55. The van der Waals surface area contributed by atoms with E-state index < -0.39 is 10.8 Å². The van der Waals surface area contributed by atoms with E-state index in [0.29, 0.717) is 11.1 Å². The second-order valence-electron chi connectivity index (χ2n) is 3.48. The summed E-state index contributed by atoms with van der Waals surface area (Å²) >= 11 is 5.87. The van der Waals surface area contributed by atoms with Crippen LogP contribution in [-0.4, -0.2) is 10.8 Å². The Hall–Kier alpha value is -2.08. The van der Waals surface area contributed by atoms with Gasteiger partial charge in [-0.1, -0.05) is 11.6 Å². The fourth-order valence-corrected chi connectivity index (χ4v) is 1.86. The minimum absolute atomic E-state index is 0.0517. The molecule has 0 unspecified atom stereocenters. The summed E-state index contributed by atoms with van der Waals surface area (Å²) in [6.07, 6.45) is 0. The zero-order valence-corrected chi connectivity index (χ0v) is 9.45. The van der Waals surface area contributed by atoms with Gasteiger partial charge in [-0.05, 0) is 13.0 Å². The minimum atomic E-state index is -0.802. The first-order chi connectivity index (χ1) is 7.91. The van der Waals surface area contributed by atoms with E-state index in [1.54, 1.807) is 6.92 Å². The van der Waals surface area contributed by atoms with E-state index in [1.165, 1.54) is 6.07 Å². The number of fused-ring (bicyclic) bond motifs is 1. The van der Waals surface area contributed by atoms with Crippen molar-refractivity contribution in [3.63, 3.8) is 0 Å². The molecule has 2 aromatic rings. The van der Waals surface area contributed by atoms with Crippen LogP contribution < -0.4 is 5.73 Å². The molecule has 1 aromatic heterocycles. The van der Waals surface area contributed by atoms with Gasteiger partial charge < -0.3 is 10.2 Å². The van der Waals surface area contributed by atoms with Gasteiger partial charge in [-0.2, -0.15) is 0 Å². The Morgan fingerprint density at radius 3 is 2.71 bits per heavy atom. The Kier molecular flexibility index (Phi) is 2.51. The molecule has 0 fully saturated rings. The summed E-state index contributed by atoms with van der Waals surface area (Å²) in [5.74, 6) is -0.311. The molecule has 7 heteroatoms. The number of carbonyl (C=O) groups excluding carboxylic acids is 1. The first kappa shape index (κ1) is 11.4. The lowest BCUT2D eigenvalue weighted by atomic mass is 10.1. The van der Waals surface area contributed by atoms with Crippen LogP contribution in [0.2, 0.25) is 5.02 Å². The zero-order valence-electron chi connectivity index (χ0n) is 8.69. The maximum Gasteiger partial charge on any atom is 0.289 e. The lowest BCUT2D eigenvalue weighted by Gasteiger charge is -2.00. The Balaban J connectivity index is 2.94. The number of nitro benzene ring substituents is 1. The molecule has 2 rings (SSSR count). The van der Waals surface area contributed by atoms with Crippen LogP contribution >= 0.6 is 11.6 Å². The standard InChI is InChI=1S/C10H7ClN2O4/c1-4-2-5-8(11)7(13(15)16)3-6(10(12)14)9(5)17-4/h2-3H,1H3,(H2,12,14). The highest BCUT2D eigenvalue weighted by atomic mass is 35.5. The number of benzene rings is 1. The second kappa shape index (κ2) is 3.74. The number of halogens is 1. The third-order valence-corrected chi connectivity index (χ3v) is 2.70. The van der Waals surface area contributed by atoms with Crippen LogP contribution in [0.1, 0.15) is 16.1 Å². The van der Waals surface area contributed by atoms with Crippen molar-refractivity contribution in [2.75, 3.05) is 0 Å². The molecule has 1 heterocycles. The summed E-state index contributed by atoms with van der Waals surface area (Å²) in [7, 11) is 0. The zero-order chi connectivity index (χ0) is 12.7. The van der Waals surface area contributed by atoms with Crippen LogP contribution in [0.4, 0.5) is 5.69 Å². The average molecular weight is 255 g/mol. The first-order valence-electron chi connectivity index (χ1n) is 4.58. The van der Waals surface area contributed by atoms with Crippen molar-refractivity contribution in [3.8, 4) is 0 Å². The van der Waals surface area contributed by atoms with Gasteiger partial charge in [-0.25, -0.2) is 0 Å². The number of nitrogens with zero attached hydrogens (tertiary/aromatic N) is 1. The summed E-state index contributed by atoms with van der Waals surface area (Å²) in [5, 5.41) is 11.0. The molecule has 1 amide bonds. The molecule has 88 valence electrons. The number of furan rings is 1. The Labute approximate surface area is 100 Å². The van der Waals surface area contributed by atoms with Gasteiger partial charge in [0.15, 0.2) is 0 Å². The van der Waals surface area contributed by atoms with E-state index in [0.717, 1.165) is 6.07 Å². The number of rotatable bonds is 2. The van der Waals surface area contributed by atoms with Crippen molar-refractivity contribution in [3.05, 3.63) is 38.6 Å². The lowest BCUT2D eigenvalue weighted by Crippen LogP contribution is -2.11. The fraction of sp³-hybridized carbons (Fsp3) is 0.100. The van der Waals surface area contributed by atoms with Crippen molar-refractivity contribution in [1.82, 2.24) is 0 Å². The third kappa shape index (κ3) is 1.72. The summed E-state index contributed by atoms with van der Waals surface area (Å²) < 4.78 is 5.27. The smallest absolute Gasteiger partial charge is 0.289 e. The van der Waals surface area contributed by atoms with Crippen LogP contribution in [0.5, 0.6) is 0 Å². The summed E-state index contributed by atoms with van der Waals surface area (Å²) in [4.78, 5) is 21.3. The van der Waals surface area contributed by atoms with Gasteiger partial charge >= 0.3 is 0 Å². The number of primary amides is 1. The lowest BCUT2D eigenvalue weighted by molar-refractivity contribution is -0.384. The van der Waals surface area contributed by atoms with E-state index in [2.05, 4.69) is 0 Å². The topological polar surface area (TPSA) is 99.4 Å². The van der Waals surface area contributed by atoms with Crippen molar-refractivity contribution >= 4 is 34.2 Å². The number of hydrogen-bond donors (Lipinski definition) is 1. The molecular weight excluding hydrogens is 248 g/mol. The molecule has 6 nitrogen and oxygen atoms in total. The number of aryl methyl sites for hydroxylation is 1. The van der Waals surface area contributed by atoms with Crippen LogP contribution in [0.3, 0.4) is 0 Å². The number of hydrogen-bond acceptors (Lipinski definition) is 4. The molecule has 2 N–H and O–H groups in total. The Bertz CT molecular complexity index is 647. The minimum Gasteiger partial charge on any atom is -0.460 e. The number of carbonyl (C=O) groups is 1. The molecule has 0 aliphatic heterocycles. The van der Waals surface area contributed by atoms with E-state index in [-0.39, 0.29) is 21.9 Å². The monoisotopic (exact) mass is 254 g/mol. The second-order valence-corrected chi connectivity index (χ2v) is 3.86. The van der Waals surface area contributed by atoms with Gasteiger partial charge in [0.2, 0.25) is 0 Å².